The van der Waals surface area contributed by atoms with Crippen molar-refractivity contribution < 1.29 is 9.53 Å². The number of hydrogen-bond donors (Lipinski definition) is 0. The molecular weight excluding hydrogens is 186 g/mol. The van der Waals surface area contributed by atoms with Gasteiger partial charge in [0.15, 0.2) is 0 Å². The summed E-state index contributed by atoms with van der Waals surface area (Å²) >= 11 is 4.53. The smallest absolute Gasteiger partial charge is 0.308 e. The monoisotopic (exact) mass is 199 g/mol. The van der Waals surface area contributed by atoms with Crippen molar-refractivity contribution >= 4 is 23.3 Å². The molecule has 0 saturated heterocycles. The first-order valence-electron chi connectivity index (χ1n) is 4.42. The highest BCUT2D eigenvalue weighted by Gasteiger charge is 2.27. The Kier molecular flexibility index (Phi) is 4.06. The molecular formula is C9H13NO2S. The predicted molar refractivity (Wildman–Crippen MR) is 52.8 cm³/mol. The predicted octanol–water partition coefficient (Wildman–Crippen LogP) is 1.82. The zero-order chi connectivity index (χ0) is 9.68. The number of methoxy groups -OCH3 is 1. The molecule has 0 N–H and O–H groups in total. The van der Waals surface area contributed by atoms with Crippen LogP contribution in [0.15, 0.2) is 4.99 Å². The molecule has 0 amide bonds. The van der Waals surface area contributed by atoms with Crippen LogP contribution in [-0.2, 0) is 9.53 Å². The maximum absolute atomic E-state index is 11.2. The Morgan fingerprint density at radius 1 is 1.62 bits per heavy atom. The molecule has 0 bridgehead atoms. The van der Waals surface area contributed by atoms with Gasteiger partial charge in [0.1, 0.15) is 0 Å². The highest BCUT2D eigenvalue weighted by Crippen LogP contribution is 2.26. The number of hydrogen-bond acceptors (Lipinski definition) is 4. The Morgan fingerprint density at radius 2 is 2.38 bits per heavy atom. The average Bonchev–Trinajstić information content (AvgIpc) is 2.18. The molecule has 4 heteroatoms. The Hall–Kier alpha value is -0.730. The Labute approximate surface area is 83.2 Å². The van der Waals surface area contributed by atoms with Crippen molar-refractivity contribution in [1.29, 1.82) is 0 Å². The number of esters is 1. The molecule has 1 aliphatic rings. The number of isothiocyanates is 1. The van der Waals surface area contributed by atoms with Gasteiger partial charge in [-0.25, -0.2) is 4.99 Å². The topological polar surface area (TPSA) is 38.7 Å². The lowest BCUT2D eigenvalue weighted by atomic mass is 9.86. The fraction of sp³-hybridized carbons (Fsp3) is 0.778. The van der Waals surface area contributed by atoms with Gasteiger partial charge in [-0.2, -0.15) is 0 Å². The van der Waals surface area contributed by atoms with Crippen LogP contribution in [0.25, 0.3) is 0 Å². The number of aliphatic imine (C=N–C) groups is 1. The first-order valence-corrected chi connectivity index (χ1v) is 4.83. The van der Waals surface area contributed by atoms with Crippen molar-refractivity contribution in [3.05, 3.63) is 0 Å². The van der Waals surface area contributed by atoms with Crippen LogP contribution in [0.1, 0.15) is 25.7 Å². The number of ether oxygens (including phenoxy) is 1. The van der Waals surface area contributed by atoms with E-state index >= 15 is 0 Å². The highest BCUT2D eigenvalue weighted by atomic mass is 32.1. The van der Waals surface area contributed by atoms with Crippen LogP contribution >= 0.6 is 12.2 Å². The highest BCUT2D eigenvalue weighted by molar-refractivity contribution is 7.78. The number of rotatable bonds is 2. The van der Waals surface area contributed by atoms with Crippen LogP contribution in [0.3, 0.4) is 0 Å². The van der Waals surface area contributed by atoms with Gasteiger partial charge in [0.05, 0.1) is 24.2 Å². The molecule has 2 atom stereocenters. The van der Waals surface area contributed by atoms with Crippen LogP contribution in [0.5, 0.6) is 0 Å². The van der Waals surface area contributed by atoms with E-state index in [0.29, 0.717) is 0 Å². The van der Waals surface area contributed by atoms with E-state index in [1.165, 1.54) is 7.11 Å². The van der Waals surface area contributed by atoms with Gasteiger partial charge in [-0.05, 0) is 31.5 Å². The number of thiocarbonyl (C=S) groups is 1. The molecule has 3 nitrogen and oxygen atoms in total. The molecule has 0 aromatic heterocycles. The molecule has 0 heterocycles. The van der Waals surface area contributed by atoms with E-state index in [9.17, 15) is 4.79 Å². The van der Waals surface area contributed by atoms with Gasteiger partial charge in [-0.1, -0.05) is 6.42 Å². The summed E-state index contributed by atoms with van der Waals surface area (Å²) in [7, 11) is 1.43. The summed E-state index contributed by atoms with van der Waals surface area (Å²) in [6.07, 6.45) is 3.70. The SMILES string of the molecule is COC(=O)[C@@H]1CCC[C@H](N=C=S)C1. The van der Waals surface area contributed by atoms with E-state index in [2.05, 4.69) is 27.1 Å². The Morgan fingerprint density at radius 3 is 3.00 bits per heavy atom. The summed E-state index contributed by atoms with van der Waals surface area (Å²) < 4.78 is 4.69. The fourth-order valence-corrected chi connectivity index (χ4v) is 1.89. The minimum absolute atomic E-state index is 0.0100. The van der Waals surface area contributed by atoms with Gasteiger partial charge in [0.2, 0.25) is 0 Å². The molecule has 0 unspecified atom stereocenters. The second-order valence-corrected chi connectivity index (χ2v) is 3.44. The van der Waals surface area contributed by atoms with Crippen LogP contribution < -0.4 is 0 Å². The lowest BCUT2D eigenvalue weighted by molar-refractivity contribution is -0.146. The number of carbonyl (C=O) groups is 1. The summed E-state index contributed by atoms with van der Waals surface area (Å²) in [5, 5.41) is 2.37. The summed E-state index contributed by atoms with van der Waals surface area (Å²) in [5.41, 5.74) is 0. The molecule has 1 rings (SSSR count). The third kappa shape index (κ3) is 2.90. The first-order chi connectivity index (χ1) is 6.27. The second-order valence-electron chi connectivity index (χ2n) is 3.26. The fourth-order valence-electron chi connectivity index (χ4n) is 1.74. The quantitative estimate of drug-likeness (QED) is 0.387. The van der Waals surface area contributed by atoms with Crippen LogP contribution in [0, 0.1) is 5.92 Å². The van der Waals surface area contributed by atoms with Gasteiger partial charge in [0, 0.05) is 0 Å². The molecule has 0 aliphatic heterocycles. The van der Waals surface area contributed by atoms with Crippen molar-refractivity contribution in [1.82, 2.24) is 0 Å². The first kappa shape index (κ1) is 10.4. The zero-order valence-electron chi connectivity index (χ0n) is 7.66. The molecule has 1 fully saturated rings. The van der Waals surface area contributed by atoms with Gasteiger partial charge in [-0.15, -0.1) is 0 Å². The van der Waals surface area contributed by atoms with Gasteiger partial charge >= 0.3 is 5.97 Å². The maximum atomic E-state index is 11.2. The van der Waals surface area contributed by atoms with Gasteiger partial charge in [0.25, 0.3) is 0 Å². The zero-order valence-corrected chi connectivity index (χ0v) is 8.47. The van der Waals surface area contributed by atoms with Crippen molar-refractivity contribution in [3.8, 4) is 0 Å². The molecule has 1 saturated carbocycles. The van der Waals surface area contributed by atoms with E-state index < -0.39 is 0 Å². The lowest BCUT2D eigenvalue weighted by Crippen LogP contribution is -2.25. The Bertz CT molecular complexity index is 236. The summed E-state index contributed by atoms with van der Waals surface area (Å²) in [6.45, 7) is 0. The van der Waals surface area contributed by atoms with E-state index in [4.69, 9.17) is 0 Å². The maximum Gasteiger partial charge on any atom is 0.308 e. The third-order valence-corrected chi connectivity index (χ3v) is 2.52. The molecule has 13 heavy (non-hydrogen) atoms. The summed E-state index contributed by atoms with van der Waals surface area (Å²) in [4.78, 5) is 15.2. The lowest BCUT2D eigenvalue weighted by Gasteiger charge is -2.23. The molecule has 1 aliphatic carbocycles. The molecule has 0 spiro atoms. The summed E-state index contributed by atoms with van der Waals surface area (Å²) in [5.74, 6) is -0.111. The van der Waals surface area contributed by atoms with Crippen molar-refractivity contribution in [2.75, 3.05) is 7.11 Å². The molecule has 0 aromatic rings. The van der Waals surface area contributed by atoms with E-state index in [0.717, 1.165) is 25.7 Å². The van der Waals surface area contributed by atoms with Crippen molar-refractivity contribution in [3.63, 3.8) is 0 Å². The largest absolute Gasteiger partial charge is 0.469 e. The minimum atomic E-state index is -0.121. The van der Waals surface area contributed by atoms with E-state index in [1.54, 1.807) is 0 Å². The number of nitrogens with zero attached hydrogens (tertiary/aromatic N) is 1. The molecule has 0 aromatic carbocycles. The average molecular weight is 199 g/mol. The van der Waals surface area contributed by atoms with Crippen LogP contribution in [0.4, 0.5) is 0 Å². The van der Waals surface area contributed by atoms with Crippen LogP contribution in [0.2, 0.25) is 0 Å². The van der Waals surface area contributed by atoms with Gasteiger partial charge < -0.3 is 4.74 Å². The molecule has 0 radical (unpaired) electrons. The van der Waals surface area contributed by atoms with E-state index in [-0.39, 0.29) is 17.9 Å². The van der Waals surface area contributed by atoms with E-state index in [1.807, 2.05) is 0 Å². The standard InChI is InChI=1S/C9H13NO2S/c1-12-9(11)7-3-2-4-8(5-7)10-6-13/h7-8H,2-5H2,1H3/t7-,8+/m1/s1. The summed E-state index contributed by atoms with van der Waals surface area (Å²) in [6, 6.07) is 0.176. The van der Waals surface area contributed by atoms with Crippen LogP contribution in [-0.4, -0.2) is 24.3 Å². The van der Waals surface area contributed by atoms with Gasteiger partial charge in [-0.3, -0.25) is 4.79 Å². The normalized spacial score (nSPS) is 27.5. The Balaban J connectivity index is 2.50. The minimum Gasteiger partial charge on any atom is -0.469 e. The molecule has 72 valence electrons. The third-order valence-electron chi connectivity index (χ3n) is 2.42. The number of carbonyl (C=O) groups excluding carboxylic acids is 1. The van der Waals surface area contributed by atoms with Crippen molar-refractivity contribution in [2.24, 2.45) is 10.9 Å². The second kappa shape index (κ2) is 5.10. The van der Waals surface area contributed by atoms with Crippen molar-refractivity contribution in [2.45, 2.75) is 31.7 Å².